The number of carbonyl (C=O) groups is 1. The fourth-order valence-corrected chi connectivity index (χ4v) is 4.47. The molecule has 0 fully saturated rings. The number of aromatic nitrogens is 1. The van der Waals surface area contributed by atoms with Gasteiger partial charge in [-0.25, -0.2) is 4.98 Å². The number of anilines is 1. The molecule has 0 spiro atoms. The van der Waals surface area contributed by atoms with Crippen molar-refractivity contribution in [1.82, 2.24) is 4.98 Å². The van der Waals surface area contributed by atoms with E-state index in [9.17, 15) is 4.79 Å². The van der Waals surface area contributed by atoms with E-state index in [1.807, 2.05) is 60.7 Å². The zero-order valence-corrected chi connectivity index (χ0v) is 20.2. The van der Waals surface area contributed by atoms with Crippen molar-refractivity contribution in [3.8, 4) is 21.8 Å². The minimum Gasteiger partial charge on any atom is -0.323 e. The first-order valence-corrected chi connectivity index (χ1v) is 11.8. The zero-order valence-electron chi connectivity index (χ0n) is 19.4. The van der Waals surface area contributed by atoms with E-state index in [2.05, 4.69) is 57.3 Å². The topological polar surface area (TPSA) is 42.0 Å². The van der Waals surface area contributed by atoms with Crippen molar-refractivity contribution < 1.29 is 4.79 Å². The molecular weight excluding hydrogens is 424 g/mol. The maximum absolute atomic E-state index is 12.4. The molecule has 166 valence electrons. The summed E-state index contributed by atoms with van der Waals surface area (Å²) >= 11 is 1.69. The number of thiazole rings is 1. The van der Waals surface area contributed by atoms with Crippen molar-refractivity contribution in [2.24, 2.45) is 0 Å². The molecule has 4 rings (SSSR count). The summed E-state index contributed by atoms with van der Waals surface area (Å²) < 4.78 is 0. The standard InChI is InChI=1S/C29H28N2OS/c1-20-27(31-28(33-20)23-8-6-5-7-9-23)22-13-17-25(18-14-22)30-26(32)19-12-21-10-15-24(16-11-21)29(2,3)4/h5-19H,1-4H3,(H,30,32)/b19-12+. The molecule has 3 nitrogen and oxygen atoms in total. The van der Waals surface area contributed by atoms with Gasteiger partial charge < -0.3 is 5.32 Å². The number of nitrogens with one attached hydrogen (secondary N) is 1. The lowest BCUT2D eigenvalue weighted by Crippen LogP contribution is -2.10. The second kappa shape index (κ2) is 9.55. The zero-order chi connectivity index (χ0) is 23.4. The molecule has 0 aliphatic heterocycles. The molecule has 4 heteroatoms. The number of hydrogen-bond donors (Lipinski definition) is 1. The molecule has 0 aliphatic rings. The van der Waals surface area contributed by atoms with Crippen LogP contribution in [0.25, 0.3) is 27.9 Å². The van der Waals surface area contributed by atoms with Gasteiger partial charge in [0.25, 0.3) is 0 Å². The number of benzene rings is 3. The Labute approximate surface area is 199 Å². The summed E-state index contributed by atoms with van der Waals surface area (Å²) in [5.41, 5.74) is 6.30. The monoisotopic (exact) mass is 452 g/mol. The van der Waals surface area contributed by atoms with Crippen molar-refractivity contribution in [3.05, 3.63) is 101 Å². The van der Waals surface area contributed by atoms with Crippen LogP contribution in [0.3, 0.4) is 0 Å². The third kappa shape index (κ3) is 5.65. The molecule has 1 amide bonds. The second-order valence-corrected chi connectivity index (χ2v) is 10.3. The number of nitrogens with zero attached hydrogens (tertiary/aromatic N) is 1. The number of amides is 1. The summed E-state index contributed by atoms with van der Waals surface area (Å²) in [4.78, 5) is 18.4. The van der Waals surface area contributed by atoms with Gasteiger partial charge in [0.2, 0.25) is 5.91 Å². The maximum Gasteiger partial charge on any atom is 0.248 e. The Morgan fingerprint density at radius 3 is 2.18 bits per heavy atom. The van der Waals surface area contributed by atoms with E-state index in [1.165, 1.54) is 10.4 Å². The lowest BCUT2D eigenvalue weighted by atomic mass is 9.87. The first-order chi connectivity index (χ1) is 15.8. The Balaban J connectivity index is 1.41. The molecule has 3 aromatic carbocycles. The van der Waals surface area contributed by atoms with Crippen LogP contribution in [-0.2, 0) is 10.2 Å². The summed E-state index contributed by atoms with van der Waals surface area (Å²) in [7, 11) is 0. The van der Waals surface area contributed by atoms with Gasteiger partial charge in [0.1, 0.15) is 5.01 Å². The SMILES string of the molecule is Cc1sc(-c2ccccc2)nc1-c1ccc(NC(=O)/C=C/c2ccc(C(C)(C)C)cc2)cc1. The summed E-state index contributed by atoms with van der Waals surface area (Å²) in [5, 5.41) is 3.94. The highest BCUT2D eigenvalue weighted by Gasteiger charge is 2.13. The summed E-state index contributed by atoms with van der Waals surface area (Å²) in [5.74, 6) is -0.154. The number of aryl methyl sites for hydroxylation is 1. The predicted molar refractivity (Wildman–Crippen MR) is 141 cm³/mol. The first-order valence-electron chi connectivity index (χ1n) is 11.0. The van der Waals surface area contributed by atoms with Crippen LogP contribution in [0.2, 0.25) is 0 Å². The number of carbonyl (C=O) groups excluding carboxylic acids is 1. The van der Waals surface area contributed by atoms with E-state index in [4.69, 9.17) is 4.98 Å². The van der Waals surface area contributed by atoms with E-state index in [0.29, 0.717) is 0 Å². The van der Waals surface area contributed by atoms with Gasteiger partial charge in [-0.05, 0) is 41.7 Å². The van der Waals surface area contributed by atoms with E-state index < -0.39 is 0 Å². The summed E-state index contributed by atoms with van der Waals surface area (Å²) in [6.07, 6.45) is 3.40. The number of hydrogen-bond acceptors (Lipinski definition) is 3. The molecule has 0 unspecified atom stereocenters. The summed E-state index contributed by atoms with van der Waals surface area (Å²) in [6, 6.07) is 26.4. The molecule has 1 N–H and O–H groups in total. The average molecular weight is 453 g/mol. The minimum atomic E-state index is -0.154. The van der Waals surface area contributed by atoms with Crippen LogP contribution >= 0.6 is 11.3 Å². The number of rotatable bonds is 5. The normalized spacial score (nSPS) is 11.6. The van der Waals surface area contributed by atoms with Crippen LogP contribution in [0.5, 0.6) is 0 Å². The smallest absolute Gasteiger partial charge is 0.248 e. The van der Waals surface area contributed by atoms with Crippen LogP contribution < -0.4 is 5.32 Å². The highest BCUT2D eigenvalue weighted by atomic mass is 32.1. The van der Waals surface area contributed by atoms with E-state index >= 15 is 0 Å². The molecule has 0 saturated heterocycles. The molecule has 0 radical (unpaired) electrons. The predicted octanol–water partition coefficient (Wildman–Crippen LogP) is 7.73. The van der Waals surface area contributed by atoms with Crippen LogP contribution in [0.15, 0.2) is 84.9 Å². The third-order valence-electron chi connectivity index (χ3n) is 5.45. The average Bonchev–Trinajstić information content (AvgIpc) is 3.20. The Morgan fingerprint density at radius 1 is 0.879 bits per heavy atom. The molecular formula is C29H28N2OS. The van der Waals surface area contributed by atoms with E-state index in [1.54, 1.807) is 17.4 Å². The molecule has 33 heavy (non-hydrogen) atoms. The largest absolute Gasteiger partial charge is 0.323 e. The Hall–Kier alpha value is -3.50. The van der Waals surface area contributed by atoms with E-state index in [0.717, 1.165) is 33.1 Å². The highest BCUT2D eigenvalue weighted by Crippen LogP contribution is 2.33. The van der Waals surface area contributed by atoms with Gasteiger partial charge >= 0.3 is 0 Å². The van der Waals surface area contributed by atoms with Gasteiger partial charge in [-0.3, -0.25) is 4.79 Å². The molecule has 0 aliphatic carbocycles. The van der Waals surface area contributed by atoms with Crippen LogP contribution in [0, 0.1) is 6.92 Å². The lowest BCUT2D eigenvalue weighted by Gasteiger charge is -2.18. The van der Waals surface area contributed by atoms with Crippen LogP contribution in [0.4, 0.5) is 5.69 Å². The van der Waals surface area contributed by atoms with Crippen molar-refractivity contribution in [2.45, 2.75) is 33.1 Å². The minimum absolute atomic E-state index is 0.117. The van der Waals surface area contributed by atoms with Gasteiger partial charge in [0.15, 0.2) is 0 Å². The fourth-order valence-electron chi connectivity index (χ4n) is 3.53. The molecule has 0 bridgehead atoms. The van der Waals surface area contributed by atoms with Crippen molar-refractivity contribution in [1.29, 1.82) is 0 Å². The lowest BCUT2D eigenvalue weighted by molar-refractivity contribution is -0.111. The third-order valence-corrected chi connectivity index (χ3v) is 6.47. The summed E-state index contributed by atoms with van der Waals surface area (Å²) in [6.45, 7) is 8.66. The van der Waals surface area contributed by atoms with Crippen molar-refractivity contribution in [3.63, 3.8) is 0 Å². The Kier molecular flexibility index (Phi) is 6.57. The molecule has 1 aromatic heterocycles. The first kappa shape index (κ1) is 22.7. The fraction of sp³-hybridized carbons (Fsp3) is 0.172. The van der Waals surface area contributed by atoms with Gasteiger partial charge in [-0.15, -0.1) is 11.3 Å². The van der Waals surface area contributed by atoms with Crippen molar-refractivity contribution in [2.75, 3.05) is 5.32 Å². The van der Waals surface area contributed by atoms with Crippen LogP contribution in [-0.4, -0.2) is 10.9 Å². The molecule has 4 aromatic rings. The van der Waals surface area contributed by atoms with Crippen molar-refractivity contribution >= 4 is 29.0 Å². The quantitative estimate of drug-likeness (QED) is 0.315. The second-order valence-electron chi connectivity index (χ2n) is 9.06. The van der Waals surface area contributed by atoms with Gasteiger partial charge in [-0.1, -0.05) is 87.5 Å². The van der Waals surface area contributed by atoms with E-state index in [-0.39, 0.29) is 11.3 Å². The molecule has 1 heterocycles. The Morgan fingerprint density at radius 2 is 1.55 bits per heavy atom. The molecule has 0 saturated carbocycles. The molecule has 0 atom stereocenters. The van der Waals surface area contributed by atoms with Gasteiger partial charge in [0.05, 0.1) is 5.69 Å². The maximum atomic E-state index is 12.4. The van der Waals surface area contributed by atoms with Crippen LogP contribution in [0.1, 0.15) is 36.8 Å². The van der Waals surface area contributed by atoms with Gasteiger partial charge in [0, 0.05) is 27.8 Å². The highest BCUT2D eigenvalue weighted by molar-refractivity contribution is 7.15. The Bertz CT molecular complexity index is 1260. The van der Waals surface area contributed by atoms with Gasteiger partial charge in [-0.2, -0.15) is 0 Å².